The minimum atomic E-state index is -0.163. The molecule has 3 heteroatoms. The summed E-state index contributed by atoms with van der Waals surface area (Å²) in [4.78, 5) is 12.5. The van der Waals surface area contributed by atoms with Crippen LogP contribution in [0.25, 0.3) is 0 Å². The highest BCUT2D eigenvalue weighted by Crippen LogP contribution is 2.34. The number of nitrogens with one attached hydrogen (secondary N) is 1. The largest absolute Gasteiger partial charge is 0.378 e. The third-order valence-electron chi connectivity index (χ3n) is 4.99. The van der Waals surface area contributed by atoms with E-state index in [1.54, 1.807) is 0 Å². The monoisotopic (exact) mass is 267 g/mol. The van der Waals surface area contributed by atoms with Gasteiger partial charge in [0.05, 0.1) is 6.10 Å². The van der Waals surface area contributed by atoms with E-state index in [0.29, 0.717) is 17.8 Å². The van der Waals surface area contributed by atoms with Crippen molar-refractivity contribution in [1.29, 1.82) is 0 Å². The summed E-state index contributed by atoms with van der Waals surface area (Å²) >= 11 is 0. The minimum Gasteiger partial charge on any atom is -0.378 e. The number of hydrogen-bond donors (Lipinski definition) is 1. The van der Waals surface area contributed by atoms with Crippen molar-refractivity contribution >= 4 is 5.78 Å². The Morgan fingerprint density at radius 3 is 2.79 bits per heavy atom. The van der Waals surface area contributed by atoms with E-state index in [0.717, 1.165) is 39.0 Å². The van der Waals surface area contributed by atoms with Gasteiger partial charge in [-0.3, -0.25) is 4.79 Å². The second-order valence-corrected chi connectivity index (χ2v) is 6.72. The maximum Gasteiger partial charge on any atom is 0.138 e. The van der Waals surface area contributed by atoms with Gasteiger partial charge in [-0.15, -0.1) is 0 Å². The van der Waals surface area contributed by atoms with Crippen molar-refractivity contribution < 1.29 is 9.53 Å². The summed E-state index contributed by atoms with van der Waals surface area (Å²) in [5.74, 6) is 0.954. The molecule has 2 rings (SSSR count). The van der Waals surface area contributed by atoms with E-state index in [2.05, 4.69) is 19.2 Å². The molecule has 2 aliphatic heterocycles. The minimum absolute atomic E-state index is 0.163. The fourth-order valence-electron chi connectivity index (χ4n) is 3.38. The molecule has 3 nitrogen and oxygen atoms in total. The van der Waals surface area contributed by atoms with Crippen LogP contribution in [0.4, 0.5) is 0 Å². The fourth-order valence-corrected chi connectivity index (χ4v) is 3.38. The Morgan fingerprint density at radius 2 is 2.16 bits per heavy atom. The molecule has 0 saturated carbocycles. The lowest BCUT2D eigenvalue weighted by molar-refractivity contribution is -0.130. The van der Waals surface area contributed by atoms with Gasteiger partial charge in [-0.1, -0.05) is 13.8 Å². The van der Waals surface area contributed by atoms with Crippen molar-refractivity contribution in [2.24, 2.45) is 11.3 Å². The van der Waals surface area contributed by atoms with Crippen LogP contribution in [-0.4, -0.2) is 31.6 Å². The Balaban J connectivity index is 1.73. The molecule has 0 aromatic rings. The normalized spacial score (nSPS) is 28.5. The summed E-state index contributed by atoms with van der Waals surface area (Å²) in [6, 6.07) is 0. The summed E-state index contributed by atoms with van der Waals surface area (Å²) in [5, 5.41) is 3.42. The van der Waals surface area contributed by atoms with E-state index in [9.17, 15) is 4.79 Å². The number of ether oxygens (including phenoxy) is 1. The van der Waals surface area contributed by atoms with Crippen LogP contribution in [0.3, 0.4) is 0 Å². The van der Waals surface area contributed by atoms with Gasteiger partial charge in [0.15, 0.2) is 0 Å². The Labute approximate surface area is 117 Å². The molecule has 0 bridgehead atoms. The first kappa shape index (κ1) is 15.0. The van der Waals surface area contributed by atoms with Crippen molar-refractivity contribution in [3.63, 3.8) is 0 Å². The molecule has 2 atom stereocenters. The van der Waals surface area contributed by atoms with Gasteiger partial charge < -0.3 is 10.1 Å². The lowest BCUT2D eigenvalue weighted by Crippen LogP contribution is -2.42. The van der Waals surface area contributed by atoms with Gasteiger partial charge in [0.1, 0.15) is 5.78 Å². The van der Waals surface area contributed by atoms with Gasteiger partial charge in [0.2, 0.25) is 0 Å². The molecule has 2 saturated heterocycles. The number of rotatable bonds is 6. The van der Waals surface area contributed by atoms with E-state index in [-0.39, 0.29) is 5.41 Å². The Morgan fingerprint density at radius 1 is 1.32 bits per heavy atom. The second-order valence-electron chi connectivity index (χ2n) is 6.72. The van der Waals surface area contributed by atoms with Crippen molar-refractivity contribution in [3.8, 4) is 0 Å². The smallest absolute Gasteiger partial charge is 0.138 e. The third kappa shape index (κ3) is 4.03. The molecule has 0 radical (unpaired) electrons. The van der Waals surface area contributed by atoms with Crippen molar-refractivity contribution in [3.05, 3.63) is 0 Å². The molecule has 0 aromatic heterocycles. The summed E-state index contributed by atoms with van der Waals surface area (Å²) in [6.45, 7) is 7.31. The molecule has 110 valence electrons. The van der Waals surface area contributed by atoms with Crippen molar-refractivity contribution in [2.75, 3.05) is 19.7 Å². The predicted octanol–water partition coefficient (Wildman–Crippen LogP) is 2.93. The van der Waals surface area contributed by atoms with Crippen LogP contribution in [0.15, 0.2) is 0 Å². The zero-order valence-corrected chi connectivity index (χ0v) is 12.5. The first-order valence-corrected chi connectivity index (χ1v) is 7.96. The summed E-state index contributed by atoms with van der Waals surface area (Å²) < 4.78 is 5.62. The van der Waals surface area contributed by atoms with Crippen LogP contribution in [0.5, 0.6) is 0 Å². The van der Waals surface area contributed by atoms with Gasteiger partial charge >= 0.3 is 0 Å². The van der Waals surface area contributed by atoms with Gasteiger partial charge in [-0.05, 0) is 57.5 Å². The molecule has 2 fully saturated rings. The molecule has 0 spiro atoms. The Kier molecular flexibility index (Phi) is 5.40. The number of carbonyl (C=O) groups is 1. The quantitative estimate of drug-likeness (QED) is 0.804. The average Bonchev–Trinajstić information content (AvgIpc) is 2.93. The molecule has 0 aliphatic carbocycles. The van der Waals surface area contributed by atoms with E-state index in [1.165, 1.54) is 25.7 Å². The predicted molar refractivity (Wildman–Crippen MR) is 77.2 cm³/mol. The van der Waals surface area contributed by atoms with E-state index >= 15 is 0 Å². The van der Waals surface area contributed by atoms with Crippen LogP contribution in [0.1, 0.15) is 58.8 Å². The molecule has 0 aromatic carbocycles. The van der Waals surface area contributed by atoms with Crippen LogP contribution in [-0.2, 0) is 9.53 Å². The molecule has 1 N–H and O–H groups in total. The molecule has 2 aliphatic rings. The number of ketones is 1. The SMILES string of the molecule is CC(C)(C(=O)CCCC1CCCO1)C1CCCNC1. The van der Waals surface area contributed by atoms with E-state index in [1.807, 2.05) is 0 Å². The first-order valence-electron chi connectivity index (χ1n) is 7.96. The standard InChI is InChI=1S/C16H29NO2/c1-16(2,13-6-4-10-17-12-13)15(18)9-3-7-14-8-5-11-19-14/h13-14,17H,3-12H2,1-2H3. The molecule has 2 unspecified atom stereocenters. The Bertz CT molecular complexity index is 289. The highest BCUT2D eigenvalue weighted by Gasteiger charge is 2.36. The molecule has 0 amide bonds. The topological polar surface area (TPSA) is 38.3 Å². The summed E-state index contributed by atoms with van der Waals surface area (Å²) in [5.41, 5.74) is -0.163. The Hall–Kier alpha value is -0.410. The highest BCUT2D eigenvalue weighted by molar-refractivity contribution is 5.84. The van der Waals surface area contributed by atoms with E-state index in [4.69, 9.17) is 4.74 Å². The maximum absolute atomic E-state index is 12.5. The van der Waals surface area contributed by atoms with Crippen LogP contribution >= 0.6 is 0 Å². The number of piperidine rings is 1. The van der Waals surface area contributed by atoms with Crippen LogP contribution < -0.4 is 5.32 Å². The third-order valence-corrected chi connectivity index (χ3v) is 4.99. The maximum atomic E-state index is 12.5. The first-order chi connectivity index (χ1) is 9.10. The summed E-state index contributed by atoms with van der Waals surface area (Å²) in [6.07, 6.45) is 7.98. The number of Topliss-reactive ketones (excluding diaryl/α,β-unsaturated/α-hetero) is 1. The zero-order valence-electron chi connectivity index (χ0n) is 12.5. The van der Waals surface area contributed by atoms with Gasteiger partial charge in [0, 0.05) is 18.4 Å². The molecular formula is C16H29NO2. The second kappa shape index (κ2) is 6.85. The van der Waals surface area contributed by atoms with Crippen molar-refractivity contribution in [1.82, 2.24) is 5.32 Å². The van der Waals surface area contributed by atoms with Gasteiger partial charge in [0.25, 0.3) is 0 Å². The molecule has 2 heterocycles. The fraction of sp³-hybridized carbons (Fsp3) is 0.938. The molecule has 19 heavy (non-hydrogen) atoms. The number of carbonyl (C=O) groups excluding carboxylic acids is 1. The number of hydrogen-bond acceptors (Lipinski definition) is 3. The van der Waals surface area contributed by atoms with Crippen molar-refractivity contribution in [2.45, 2.75) is 64.9 Å². The van der Waals surface area contributed by atoms with Crippen LogP contribution in [0.2, 0.25) is 0 Å². The zero-order chi connectivity index (χ0) is 13.7. The lowest BCUT2D eigenvalue weighted by Gasteiger charge is -2.36. The summed E-state index contributed by atoms with van der Waals surface area (Å²) in [7, 11) is 0. The average molecular weight is 267 g/mol. The lowest BCUT2D eigenvalue weighted by atomic mass is 9.71. The van der Waals surface area contributed by atoms with E-state index < -0.39 is 0 Å². The molecular weight excluding hydrogens is 238 g/mol. The van der Waals surface area contributed by atoms with Gasteiger partial charge in [-0.2, -0.15) is 0 Å². The van der Waals surface area contributed by atoms with Crippen LogP contribution in [0, 0.1) is 11.3 Å². The van der Waals surface area contributed by atoms with Gasteiger partial charge in [-0.25, -0.2) is 0 Å². The highest BCUT2D eigenvalue weighted by atomic mass is 16.5.